The first kappa shape index (κ1) is 10.8. The molecule has 0 aromatic heterocycles. The number of benzene rings is 1. The Morgan fingerprint density at radius 3 is 2.62 bits per heavy atom. The molecule has 13 heavy (non-hydrogen) atoms. The molecule has 0 aliphatic rings. The Kier molecular flexibility index (Phi) is 3.56. The molecule has 0 unspecified atom stereocenters. The van der Waals surface area contributed by atoms with Gasteiger partial charge in [0.15, 0.2) is 11.6 Å². The third kappa shape index (κ3) is 2.58. The van der Waals surface area contributed by atoms with E-state index in [0.717, 1.165) is 0 Å². The van der Waals surface area contributed by atoms with E-state index >= 15 is 0 Å². The van der Waals surface area contributed by atoms with E-state index in [0.29, 0.717) is 5.02 Å². The molecule has 0 radical (unpaired) electrons. The third-order valence-electron chi connectivity index (χ3n) is 1.36. The highest BCUT2D eigenvalue weighted by Gasteiger charge is 2.11. The van der Waals surface area contributed by atoms with Crippen molar-refractivity contribution in [2.75, 3.05) is 0 Å². The van der Waals surface area contributed by atoms with Crippen molar-refractivity contribution in [3.63, 3.8) is 0 Å². The SMILES string of the molecule is CC(C)Oc1ccc(Cl)c(Br)c1F. The van der Waals surface area contributed by atoms with Crippen LogP contribution in [-0.2, 0) is 0 Å². The van der Waals surface area contributed by atoms with Gasteiger partial charge in [-0.1, -0.05) is 11.6 Å². The largest absolute Gasteiger partial charge is 0.488 e. The molecule has 0 amide bonds. The molecule has 1 aromatic carbocycles. The van der Waals surface area contributed by atoms with E-state index in [1.807, 2.05) is 13.8 Å². The van der Waals surface area contributed by atoms with Crippen LogP contribution in [0.3, 0.4) is 0 Å². The van der Waals surface area contributed by atoms with Gasteiger partial charge >= 0.3 is 0 Å². The molecule has 0 fully saturated rings. The van der Waals surface area contributed by atoms with E-state index in [1.165, 1.54) is 6.07 Å². The van der Waals surface area contributed by atoms with Crippen molar-refractivity contribution in [1.82, 2.24) is 0 Å². The van der Waals surface area contributed by atoms with Gasteiger partial charge in [0.25, 0.3) is 0 Å². The normalized spacial score (nSPS) is 10.6. The Morgan fingerprint density at radius 1 is 1.46 bits per heavy atom. The molecule has 0 atom stereocenters. The van der Waals surface area contributed by atoms with Crippen molar-refractivity contribution in [3.8, 4) is 5.75 Å². The zero-order chi connectivity index (χ0) is 10.0. The van der Waals surface area contributed by atoms with E-state index in [9.17, 15) is 4.39 Å². The molecule has 0 aliphatic heterocycles. The summed E-state index contributed by atoms with van der Waals surface area (Å²) in [5.41, 5.74) is 0. The average molecular weight is 268 g/mol. The first-order chi connectivity index (χ1) is 6.02. The highest BCUT2D eigenvalue weighted by molar-refractivity contribution is 9.10. The van der Waals surface area contributed by atoms with E-state index in [-0.39, 0.29) is 16.3 Å². The minimum atomic E-state index is -0.457. The van der Waals surface area contributed by atoms with Gasteiger partial charge in [0.1, 0.15) is 0 Å². The van der Waals surface area contributed by atoms with E-state index in [1.54, 1.807) is 6.07 Å². The van der Waals surface area contributed by atoms with Crippen molar-refractivity contribution in [3.05, 3.63) is 27.4 Å². The van der Waals surface area contributed by atoms with Crippen LogP contribution in [0.4, 0.5) is 4.39 Å². The minimum Gasteiger partial charge on any atom is -0.488 e. The van der Waals surface area contributed by atoms with Gasteiger partial charge in [-0.25, -0.2) is 4.39 Å². The summed E-state index contributed by atoms with van der Waals surface area (Å²) in [7, 11) is 0. The summed E-state index contributed by atoms with van der Waals surface area (Å²) in [4.78, 5) is 0. The van der Waals surface area contributed by atoms with Gasteiger partial charge in [-0.2, -0.15) is 0 Å². The lowest BCUT2D eigenvalue weighted by Gasteiger charge is -2.11. The molecular formula is C9H9BrClFO. The molecule has 4 heteroatoms. The summed E-state index contributed by atoms with van der Waals surface area (Å²) in [6.07, 6.45) is -0.0532. The summed E-state index contributed by atoms with van der Waals surface area (Å²) >= 11 is 8.71. The highest BCUT2D eigenvalue weighted by Crippen LogP contribution is 2.31. The monoisotopic (exact) mass is 266 g/mol. The Morgan fingerprint density at radius 2 is 2.08 bits per heavy atom. The second-order valence-electron chi connectivity index (χ2n) is 2.84. The van der Waals surface area contributed by atoms with Crippen molar-refractivity contribution in [2.24, 2.45) is 0 Å². The summed E-state index contributed by atoms with van der Waals surface area (Å²) in [5, 5.41) is 0.341. The Bertz CT molecular complexity index is 315. The molecule has 0 spiro atoms. The third-order valence-corrected chi connectivity index (χ3v) is 2.68. The lowest BCUT2D eigenvalue weighted by molar-refractivity contribution is 0.231. The van der Waals surface area contributed by atoms with E-state index < -0.39 is 5.82 Å². The number of hydrogen-bond acceptors (Lipinski definition) is 1. The predicted molar refractivity (Wildman–Crippen MR) is 54.9 cm³/mol. The highest BCUT2D eigenvalue weighted by atomic mass is 79.9. The second kappa shape index (κ2) is 4.29. The summed E-state index contributed by atoms with van der Waals surface area (Å²) in [6.45, 7) is 3.67. The van der Waals surface area contributed by atoms with Gasteiger partial charge in [-0.05, 0) is 41.9 Å². The molecule has 1 rings (SSSR count). The minimum absolute atomic E-state index is 0.0532. The van der Waals surface area contributed by atoms with Crippen LogP contribution in [0.25, 0.3) is 0 Å². The molecule has 0 N–H and O–H groups in total. The van der Waals surface area contributed by atoms with Crippen molar-refractivity contribution in [2.45, 2.75) is 20.0 Å². The maximum absolute atomic E-state index is 13.4. The molecule has 0 bridgehead atoms. The molecule has 0 heterocycles. The summed E-state index contributed by atoms with van der Waals surface area (Å²) in [6, 6.07) is 3.11. The van der Waals surface area contributed by atoms with E-state index in [4.69, 9.17) is 16.3 Å². The topological polar surface area (TPSA) is 9.23 Å². The number of hydrogen-bond donors (Lipinski definition) is 0. The number of ether oxygens (including phenoxy) is 1. The maximum Gasteiger partial charge on any atom is 0.180 e. The van der Waals surface area contributed by atoms with Crippen LogP contribution in [0.5, 0.6) is 5.75 Å². The molecule has 72 valence electrons. The fourth-order valence-corrected chi connectivity index (χ4v) is 1.33. The quantitative estimate of drug-likeness (QED) is 0.735. The molecular weight excluding hydrogens is 258 g/mol. The molecule has 1 aromatic rings. The summed E-state index contributed by atoms with van der Waals surface area (Å²) < 4.78 is 18.8. The fraction of sp³-hybridized carbons (Fsp3) is 0.333. The van der Waals surface area contributed by atoms with Gasteiger partial charge in [0.05, 0.1) is 15.6 Å². The van der Waals surface area contributed by atoms with Gasteiger partial charge in [-0.15, -0.1) is 0 Å². The summed E-state index contributed by atoms with van der Waals surface area (Å²) in [5.74, 6) is -0.243. The zero-order valence-electron chi connectivity index (χ0n) is 7.27. The van der Waals surface area contributed by atoms with Crippen LogP contribution in [0.1, 0.15) is 13.8 Å². The van der Waals surface area contributed by atoms with Gasteiger partial charge in [0, 0.05) is 0 Å². The molecule has 1 nitrogen and oxygen atoms in total. The Hall–Kier alpha value is -0.280. The van der Waals surface area contributed by atoms with Crippen molar-refractivity contribution in [1.29, 1.82) is 0 Å². The van der Waals surface area contributed by atoms with E-state index in [2.05, 4.69) is 15.9 Å². The van der Waals surface area contributed by atoms with Crippen LogP contribution >= 0.6 is 27.5 Å². The van der Waals surface area contributed by atoms with Gasteiger partial charge < -0.3 is 4.74 Å². The molecule has 0 aliphatic carbocycles. The Labute approximate surface area is 90.0 Å². The average Bonchev–Trinajstić information content (AvgIpc) is 2.06. The Balaban J connectivity index is 3.04. The molecule has 0 saturated carbocycles. The van der Waals surface area contributed by atoms with Crippen molar-refractivity contribution >= 4 is 27.5 Å². The van der Waals surface area contributed by atoms with Crippen molar-refractivity contribution < 1.29 is 9.13 Å². The van der Waals surface area contributed by atoms with Crippen LogP contribution in [0, 0.1) is 5.82 Å². The number of halogens is 3. The first-order valence-electron chi connectivity index (χ1n) is 3.82. The predicted octanol–water partition coefficient (Wildman–Crippen LogP) is 4.03. The lowest BCUT2D eigenvalue weighted by atomic mass is 10.3. The van der Waals surface area contributed by atoms with Crippen LogP contribution < -0.4 is 4.74 Å². The maximum atomic E-state index is 13.4. The molecule has 0 saturated heterocycles. The van der Waals surface area contributed by atoms with Gasteiger partial charge in [0.2, 0.25) is 0 Å². The smallest absolute Gasteiger partial charge is 0.180 e. The van der Waals surface area contributed by atoms with Gasteiger partial charge in [-0.3, -0.25) is 0 Å². The fourth-order valence-electron chi connectivity index (χ4n) is 0.853. The standard InChI is InChI=1S/C9H9BrClFO/c1-5(2)13-7-4-3-6(11)8(10)9(7)12/h3-5H,1-2H3. The first-order valence-corrected chi connectivity index (χ1v) is 4.99. The lowest BCUT2D eigenvalue weighted by Crippen LogP contribution is -2.07. The number of rotatable bonds is 2. The second-order valence-corrected chi connectivity index (χ2v) is 4.04. The zero-order valence-corrected chi connectivity index (χ0v) is 9.62. The van der Waals surface area contributed by atoms with Crippen LogP contribution in [0.2, 0.25) is 5.02 Å². The van der Waals surface area contributed by atoms with Crippen LogP contribution in [-0.4, -0.2) is 6.10 Å². The van der Waals surface area contributed by atoms with Crippen LogP contribution in [0.15, 0.2) is 16.6 Å².